The molecule has 1 fully saturated rings. The van der Waals surface area contributed by atoms with Crippen molar-refractivity contribution in [2.24, 2.45) is 11.8 Å². The highest BCUT2D eigenvalue weighted by Gasteiger charge is 2.32. The summed E-state index contributed by atoms with van der Waals surface area (Å²) in [6.45, 7) is 0.960. The molecular weight excluding hydrogens is 252 g/mol. The molecule has 2 N–H and O–H groups in total. The van der Waals surface area contributed by atoms with E-state index in [-0.39, 0.29) is 17.7 Å². The molecule has 2 atom stereocenters. The van der Waals surface area contributed by atoms with Gasteiger partial charge in [-0.25, -0.2) is 0 Å². The van der Waals surface area contributed by atoms with Crippen LogP contribution in [-0.4, -0.2) is 22.5 Å². The van der Waals surface area contributed by atoms with Gasteiger partial charge in [0.15, 0.2) is 0 Å². The predicted octanol–water partition coefficient (Wildman–Crippen LogP) is 1.78. The number of carbonyl (C=O) groups is 1. The molecule has 1 heterocycles. The Morgan fingerprint density at radius 2 is 2.32 bits per heavy atom. The van der Waals surface area contributed by atoms with Gasteiger partial charge in [0.1, 0.15) is 10.7 Å². The number of aliphatic carboxylic acids is 1. The molecule has 0 amide bonds. The Balaban J connectivity index is 1.79. The van der Waals surface area contributed by atoms with Gasteiger partial charge in [-0.05, 0) is 31.4 Å². The van der Waals surface area contributed by atoms with Crippen molar-refractivity contribution in [3.8, 4) is 0 Å². The SMILES string of the molecule is O=C(O)C1CCCC1CNCc1ccc([N+](=O)[O-])o1. The van der Waals surface area contributed by atoms with Crippen LogP contribution in [-0.2, 0) is 11.3 Å². The third-order valence-corrected chi connectivity index (χ3v) is 3.51. The van der Waals surface area contributed by atoms with Gasteiger partial charge >= 0.3 is 11.9 Å². The fourth-order valence-corrected chi connectivity index (χ4v) is 2.55. The van der Waals surface area contributed by atoms with Crippen molar-refractivity contribution in [3.05, 3.63) is 28.0 Å². The second-order valence-corrected chi connectivity index (χ2v) is 4.76. The predicted molar refractivity (Wildman–Crippen MR) is 65.5 cm³/mol. The molecule has 1 aromatic heterocycles. The summed E-state index contributed by atoms with van der Waals surface area (Å²) in [6.07, 6.45) is 2.58. The highest BCUT2D eigenvalue weighted by molar-refractivity contribution is 5.70. The van der Waals surface area contributed by atoms with Gasteiger partial charge in [0, 0.05) is 0 Å². The Labute approximate surface area is 109 Å². The Morgan fingerprint density at radius 3 is 2.95 bits per heavy atom. The Bertz CT molecular complexity index is 470. The number of nitrogens with zero attached hydrogens (tertiary/aromatic N) is 1. The van der Waals surface area contributed by atoms with Crippen molar-refractivity contribution in [1.29, 1.82) is 0 Å². The summed E-state index contributed by atoms with van der Waals surface area (Å²) in [4.78, 5) is 20.9. The number of hydrogen-bond donors (Lipinski definition) is 2. The summed E-state index contributed by atoms with van der Waals surface area (Å²) in [5, 5.41) is 22.6. The summed E-state index contributed by atoms with van der Waals surface area (Å²) in [5.41, 5.74) is 0. The normalized spacial score (nSPS) is 22.5. The van der Waals surface area contributed by atoms with Gasteiger partial charge in [-0.15, -0.1) is 0 Å². The largest absolute Gasteiger partial charge is 0.481 e. The molecule has 0 bridgehead atoms. The first-order chi connectivity index (χ1) is 9.08. The van der Waals surface area contributed by atoms with E-state index in [1.165, 1.54) is 6.07 Å². The van der Waals surface area contributed by atoms with E-state index in [0.29, 0.717) is 18.8 Å². The maximum Gasteiger partial charge on any atom is 0.433 e. The molecule has 19 heavy (non-hydrogen) atoms. The summed E-state index contributed by atoms with van der Waals surface area (Å²) >= 11 is 0. The molecule has 0 saturated heterocycles. The highest BCUT2D eigenvalue weighted by atomic mass is 16.6. The van der Waals surface area contributed by atoms with E-state index in [0.717, 1.165) is 19.3 Å². The standard InChI is InChI=1S/C12H16N2O5/c15-12(16)10-3-1-2-8(10)6-13-7-9-4-5-11(19-9)14(17)18/h4-5,8,10,13H,1-3,6-7H2,(H,15,16). The lowest BCUT2D eigenvalue weighted by molar-refractivity contribution is -0.402. The molecule has 7 nitrogen and oxygen atoms in total. The highest BCUT2D eigenvalue weighted by Crippen LogP contribution is 2.31. The average Bonchev–Trinajstić information content (AvgIpc) is 2.97. The third-order valence-electron chi connectivity index (χ3n) is 3.51. The fourth-order valence-electron chi connectivity index (χ4n) is 2.55. The number of nitro groups is 1. The van der Waals surface area contributed by atoms with E-state index in [4.69, 9.17) is 9.52 Å². The molecule has 0 aromatic carbocycles. The molecule has 2 rings (SSSR count). The zero-order valence-corrected chi connectivity index (χ0v) is 10.4. The van der Waals surface area contributed by atoms with Crippen LogP contribution in [0.1, 0.15) is 25.0 Å². The van der Waals surface area contributed by atoms with Crippen LogP contribution < -0.4 is 5.32 Å². The van der Waals surface area contributed by atoms with Gasteiger partial charge in [-0.1, -0.05) is 6.42 Å². The molecule has 0 spiro atoms. The molecule has 2 unspecified atom stereocenters. The Morgan fingerprint density at radius 1 is 1.53 bits per heavy atom. The second kappa shape index (κ2) is 5.83. The second-order valence-electron chi connectivity index (χ2n) is 4.76. The van der Waals surface area contributed by atoms with Gasteiger partial charge < -0.3 is 14.8 Å². The number of furan rings is 1. The summed E-state index contributed by atoms with van der Waals surface area (Å²) in [5.74, 6) is -0.684. The van der Waals surface area contributed by atoms with E-state index in [9.17, 15) is 14.9 Å². The molecule has 0 radical (unpaired) electrons. The van der Waals surface area contributed by atoms with Gasteiger partial charge in [0.25, 0.3) is 0 Å². The van der Waals surface area contributed by atoms with Crippen LogP contribution in [0.25, 0.3) is 0 Å². The van der Waals surface area contributed by atoms with Crippen molar-refractivity contribution in [2.75, 3.05) is 6.54 Å². The van der Waals surface area contributed by atoms with E-state index in [1.54, 1.807) is 6.07 Å². The van der Waals surface area contributed by atoms with Gasteiger partial charge in [-0.2, -0.15) is 0 Å². The van der Waals surface area contributed by atoms with Crippen molar-refractivity contribution in [3.63, 3.8) is 0 Å². The molecule has 1 saturated carbocycles. The molecule has 0 aliphatic heterocycles. The van der Waals surface area contributed by atoms with Gasteiger partial charge in [-0.3, -0.25) is 14.9 Å². The number of carboxylic acid groups (broad SMARTS) is 1. The zero-order chi connectivity index (χ0) is 13.8. The number of carboxylic acids is 1. The van der Waals surface area contributed by atoms with Crippen LogP contribution in [0.2, 0.25) is 0 Å². The molecule has 1 aliphatic rings. The summed E-state index contributed by atoms with van der Waals surface area (Å²) in [7, 11) is 0. The number of hydrogen-bond acceptors (Lipinski definition) is 5. The van der Waals surface area contributed by atoms with E-state index in [2.05, 4.69) is 5.32 Å². The number of nitrogens with one attached hydrogen (secondary N) is 1. The Hall–Kier alpha value is -1.89. The maximum atomic E-state index is 11.0. The maximum absolute atomic E-state index is 11.0. The minimum atomic E-state index is -0.738. The summed E-state index contributed by atoms with van der Waals surface area (Å²) in [6, 6.07) is 2.86. The smallest absolute Gasteiger partial charge is 0.433 e. The lowest BCUT2D eigenvalue weighted by Gasteiger charge is -2.15. The van der Waals surface area contributed by atoms with E-state index >= 15 is 0 Å². The van der Waals surface area contributed by atoms with Crippen molar-refractivity contribution in [2.45, 2.75) is 25.8 Å². The van der Waals surface area contributed by atoms with E-state index < -0.39 is 10.9 Å². The van der Waals surface area contributed by atoms with Crippen LogP contribution in [0.15, 0.2) is 16.5 Å². The van der Waals surface area contributed by atoms with Crippen LogP contribution in [0.5, 0.6) is 0 Å². The first-order valence-electron chi connectivity index (χ1n) is 6.24. The topological polar surface area (TPSA) is 106 Å². The first-order valence-corrected chi connectivity index (χ1v) is 6.24. The van der Waals surface area contributed by atoms with Crippen molar-refractivity contribution in [1.82, 2.24) is 5.32 Å². The molecular formula is C12H16N2O5. The third kappa shape index (κ3) is 3.31. The molecule has 104 valence electrons. The van der Waals surface area contributed by atoms with Gasteiger partial charge in [0.05, 0.1) is 18.5 Å². The van der Waals surface area contributed by atoms with Crippen LogP contribution in [0, 0.1) is 22.0 Å². The molecule has 1 aromatic rings. The van der Waals surface area contributed by atoms with Crippen molar-refractivity contribution >= 4 is 11.9 Å². The number of rotatable bonds is 6. The molecule has 7 heteroatoms. The van der Waals surface area contributed by atoms with Gasteiger partial charge in [0.2, 0.25) is 0 Å². The van der Waals surface area contributed by atoms with E-state index in [1.807, 2.05) is 0 Å². The molecule has 1 aliphatic carbocycles. The van der Waals surface area contributed by atoms with Crippen molar-refractivity contribution < 1.29 is 19.2 Å². The lowest BCUT2D eigenvalue weighted by Crippen LogP contribution is -2.28. The minimum Gasteiger partial charge on any atom is -0.481 e. The lowest BCUT2D eigenvalue weighted by atomic mass is 9.96. The van der Waals surface area contributed by atoms with Crippen LogP contribution in [0.4, 0.5) is 5.88 Å². The van der Waals surface area contributed by atoms with Crippen LogP contribution >= 0.6 is 0 Å². The zero-order valence-electron chi connectivity index (χ0n) is 10.4. The Kier molecular flexibility index (Phi) is 4.16. The minimum absolute atomic E-state index is 0.127. The average molecular weight is 268 g/mol. The first kappa shape index (κ1) is 13.5. The summed E-state index contributed by atoms with van der Waals surface area (Å²) < 4.78 is 5.01. The monoisotopic (exact) mass is 268 g/mol. The van der Waals surface area contributed by atoms with Crippen LogP contribution in [0.3, 0.4) is 0 Å². The fraction of sp³-hybridized carbons (Fsp3) is 0.583. The quantitative estimate of drug-likeness (QED) is 0.601.